The van der Waals surface area contributed by atoms with Gasteiger partial charge in [0.2, 0.25) is 0 Å². The first-order chi connectivity index (χ1) is 18.0. The first-order valence-electron chi connectivity index (χ1n) is 12.7. The van der Waals surface area contributed by atoms with Gasteiger partial charge in [0.1, 0.15) is 17.8 Å². The summed E-state index contributed by atoms with van der Waals surface area (Å²) in [5.74, 6) is 0. The lowest BCUT2D eigenvalue weighted by molar-refractivity contribution is -0.120. The molecule has 2 aromatic carbocycles. The molecule has 0 amide bonds. The lowest BCUT2D eigenvalue weighted by Gasteiger charge is -2.43. The standard InChI is InChI=1S/C28H36N2O7Si/c1-19-17-30(26(34)29-24(19)33)25-28(35,15-16-31)23(32)22(37-25)18-36-38(27(2,3)4,20-11-7-5-8-12-20)21-13-9-6-10-14-21/h5-14,17,22-23,25,31-32,35H,15-16,18H2,1-4H3,(H,29,33,34)/t22-,23-,25-,28-/m1/s1. The summed E-state index contributed by atoms with van der Waals surface area (Å²) in [6, 6.07) is 20.0. The van der Waals surface area contributed by atoms with E-state index in [1.54, 1.807) is 0 Å². The second kappa shape index (κ2) is 10.7. The lowest BCUT2D eigenvalue weighted by Crippen LogP contribution is -2.67. The monoisotopic (exact) mass is 540 g/mol. The highest BCUT2D eigenvalue weighted by Crippen LogP contribution is 2.42. The molecular weight excluding hydrogens is 504 g/mol. The Hall–Kier alpha value is -2.86. The SMILES string of the molecule is Cc1cn([C@@H]2O[C@H](CO[Si](c3ccccc3)(c3ccccc3)C(C)(C)C)[C@@H](O)[C@]2(O)CCO)c(=O)[nH]c1=O. The average molecular weight is 541 g/mol. The summed E-state index contributed by atoms with van der Waals surface area (Å²) in [6.45, 7) is 7.37. The number of hydrogen-bond acceptors (Lipinski definition) is 7. The van der Waals surface area contributed by atoms with Crippen LogP contribution in [-0.4, -0.2) is 64.2 Å². The summed E-state index contributed by atoms with van der Waals surface area (Å²) in [6.07, 6.45) is -2.80. The highest BCUT2D eigenvalue weighted by atomic mass is 28.4. The van der Waals surface area contributed by atoms with Crippen molar-refractivity contribution in [3.63, 3.8) is 0 Å². The van der Waals surface area contributed by atoms with E-state index in [0.717, 1.165) is 14.9 Å². The Morgan fingerprint density at radius 3 is 2.11 bits per heavy atom. The van der Waals surface area contributed by atoms with Crippen LogP contribution in [0.1, 0.15) is 39.0 Å². The molecule has 0 spiro atoms. The summed E-state index contributed by atoms with van der Waals surface area (Å²) in [5, 5.41) is 34.3. The van der Waals surface area contributed by atoms with E-state index < -0.39 is 50.2 Å². The molecule has 1 aliphatic rings. The Bertz CT molecular complexity index is 1310. The number of ether oxygens (including phenoxy) is 1. The minimum Gasteiger partial charge on any atom is -0.405 e. The van der Waals surface area contributed by atoms with E-state index in [9.17, 15) is 24.9 Å². The van der Waals surface area contributed by atoms with E-state index in [4.69, 9.17) is 9.16 Å². The molecule has 0 saturated carbocycles. The number of H-pyrrole nitrogens is 1. The molecule has 4 rings (SSSR count). The van der Waals surface area contributed by atoms with Crippen LogP contribution in [0.2, 0.25) is 5.04 Å². The zero-order valence-corrected chi connectivity index (χ0v) is 23.1. The van der Waals surface area contributed by atoms with Gasteiger partial charge in [0.25, 0.3) is 13.9 Å². The van der Waals surface area contributed by atoms with E-state index in [0.29, 0.717) is 0 Å². The van der Waals surface area contributed by atoms with E-state index >= 15 is 0 Å². The van der Waals surface area contributed by atoms with Gasteiger partial charge in [-0.3, -0.25) is 14.3 Å². The molecule has 9 nitrogen and oxygen atoms in total. The van der Waals surface area contributed by atoms with Crippen LogP contribution < -0.4 is 21.6 Å². The quantitative estimate of drug-likeness (QED) is 0.311. The zero-order chi connectivity index (χ0) is 27.7. The van der Waals surface area contributed by atoms with Crippen LogP contribution in [0.25, 0.3) is 0 Å². The number of benzene rings is 2. The summed E-state index contributed by atoms with van der Waals surface area (Å²) in [5.41, 5.74) is -3.10. The van der Waals surface area contributed by atoms with Crippen molar-refractivity contribution in [1.82, 2.24) is 9.55 Å². The highest BCUT2D eigenvalue weighted by molar-refractivity contribution is 6.99. The Balaban J connectivity index is 1.76. The number of aryl methyl sites for hydroxylation is 1. The van der Waals surface area contributed by atoms with Gasteiger partial charge in [0, 0.05) is 24.8 Å². The fourth-order valence-corrected chi connectivity index (χ4v) is 10.0. The molecule has 4 N–H and O–H groups in total. The number of hydrogen-bond donors (Lipinski definition) is 4. The average Bonchev–Trinajstić information content (AvgIpc) is 3.12. The minimum atomic E-state index is -2.98. The molecular formula is C28H36N2O7Si. The largest absolute Gasteiger partial charge is 0.405 e. The van der Waals surface area contributed by atoms with Gasteiger partial charge in [-0.2, -0.15) is 0 Å². The van der Waals surface area contributed by atoms with Gasteiger partial charge >= 0.3 is 5.69 Å². The smallest absolute Gasteiger partial charge is 0.330 e. The Morgan fingerprint density at radius 1 is 1.05 bits per heavy atom. The zero-order valence-electron chi connectivity index (χ0n) is 22.1. The van der Waals surface area contributed by atoms with Crippen LogP contribution in [0.4, 0.5) is 0 Å². The maximum absolute atomic E-state index is 12.7. The molecule has 2 heterocycles. The molecule has 1 aliphatic heterocycles. The fraction of sp³-hybridized carbons (Fsp3) is 0.429. The second-order valence-corrected chi connectivity index (χ2v) is 15.2. The summed E-state index contributed by atoms with van der Waals surface area (Å²) in [7, 11) is -2.98. The first-order valence-corrected chi connectivity index (χ1v) is 14.6. The van der Waals surface area contributed by atoms with E-state index in [-0.39, 0.29) is 23.6 Å². The second-order valence-electron chi connectivity index (χ2n) is 10.9. The van der Waals surface area contributed by atoms with Crippen molar-refractivity contribution in [1.29, 1.82) is 0 Å². The number of aliphatic hydroxyl groups excluding tert-OH is 2. The van der Waals surface area contributed by atoms with Crippen LogP contribution in [0, 0.1) is 6.92 Å². The molecule has 10 heteroatoms. The van der Waals surface area contributed by atoms with E-state index in [1.165, 1.54) is 13.1 Å². The molecule has 1 fully saturated rings. The van der Waals surface area contributed by atoms with Gasteiger partial charge in [-0.15, -0.1) is 0 Å². The van der Waals surface area contributed by atoms with Crippen molar-refractivity contribution in [2.24, 2.45) is 0 Å². The summed E-state index contributed by atoms with van der Waals surface area (Å²) < 4.78 is 14.0. The van der Waals surface area contributed by atoms with Crippen LogP contribution in [0.15, 0.2) is 76.4 Å². The predicted octanol–water partition coefficient (Wildman–Crippen LogP) is 0.793. The van der Waals surface area contributed by atoms with Crippen LogP contribution in [0.3, 0.4) is 0 Å². The molecule has 0 radical (unpaired) electrons. The fourth-order valence-electron chi connectivity index (χ4n) is 5.44. The van der Waals surface area contributed by atoms with Gasteiger partial charge in [0.15, 0.2) is 6.23 Å². The molecule has 0 bridgehead atoms. The van der Waals surface area contributed by atoms with Crippen molar-refractivity contribution < 1.29 is 24.5 Å². The number of aliphatic hydroxyl groups is 3. The number of nitrogens with one attached hydrogen (secondary N) is 1. The summed E-state index contributed by atoms with van der Waals surface area (Å²) in [4.78, 5) is 26.8. The molecule has 204 valence electrons. The third kappa shape index (κ3) is 4.83. The van der Waals surface area contributed by atoms with E-state index in [2.05, 4.69) is 25.8 Å². The minimum absolute atomic E-state index is 0.0736. The lowest BCUT2D eigenvalue weighted by atomic mass is 9.90. The number of aromatic nitrogens is 2. The van der Waals surface area contributed by atoms with Gasteiger partial charge in [-0.05, 0) is 22.3 Å². The topological polar surface area (TPSA) is 134 Å². The maximum atomic E-state index is 12.7. The first kappa shape index (κ1) is 28.2. The Kier molecular flexibility index (Phi) is 7.94. The number of aromatic amines is 1. The molecule has 4 atom stereocenters. The van der Waals surface area contributed by atoms with Crippen molar-refractivity contribution in [3.05, 3.63) is 93.3 Å². The molecule has 1 aromatic heterocycles. The van der Waals surface area contributed by atoms with Crippen molar-refractivity contribution >= 4 is 18.7 Å². The van der Waals surface area contributed by atoms with Gasteiger partial charge in [-0.1, -0.05) is 81.4 Å². The molecule has 1 saturated heterocycles. The Labute approximate surface area is 222 Å². The van der Waals surface area contributed by atoms with Gasteiger partial charge < -0.3 is 24.5 Å². The molecule has 0 aliphatic carbocycles. The van der Waals surface area contributed by atoms with Crippen molar-refractivity contribution in [2.75, 3.05) is 13.2 Å². The van der Waals surface area contributed by atoms with E-state index in [1.807, 2.05) is 60.7 Å². The van der Waals surface area contributed by atoms with Crippen molar-refractivity contribution in [3.8, 4) is 0 Å². The highest BCUT2D eigenvalue weighted by Gasteiger charge is 2.58. The van der Waals surface area contributed by atoms with Crippen LogP contribution in [0.5, 0.6) is 0 Å². The van der Waals surface area contributed by atoms with Crippen LogP contribution >= 0.6 is 0 Å². The number of nitrogens with zero attached hydrogens (tertiary/aromatic N) is 1. The third-order valence-electron chi connectivity index (χ3n) is 7.39. The predicted molar refractivity (Wildman–Crippen MR) is 146 cm³/mol. The van der Waals surface area contributed by atoms with Crippen LogP contribution in [-0.2, 0) is 9.16 Å². The van der Waals surface area contributed by atoms with Gasteiger partial charge in [-0.25, -0.2) is 4.79 Å². The molecule has 0 unspecified atom stereocenters. The molecule has 38 heavy (non-hydrogen) atoms. The maximum Gasteiger partial charge on any atom is 0.330 e. The third-order valence-corrected chi connectivity index (χ3v) is 12.4. The van der Waals surface area contributed by atoms with Gasteiger partial charge in [0.05, 0.1) is 6.61 Å². The van der Waals surface area contributed by atoms with Crippen molar-refractivity contribution in [2.45, 2.75) is 63.2 Å². The molecule has 3 aromatic rings. The number of rotatable bonds is 8. The normalized spacial score (nSPS) is 24.0. The Morgan fingerprint density at radius 2 is 1.61 bits per heavy atom. The summed E-state index contributed by atoms with van der Waals surface area (Å²) >= 11 is 0.